The van der Waals surface area contributed by atoms with Gasteiger partial charge in [0.1, 0.15) is 11.2 Å². The van der Waals surface area contributed by atoms with E-state index in [0.29, 0.717) is 0 Å². The van der Waals surface area contributed by atoms with Gasteiger partial charge in [-0.2, -0.15) is 0 Å². The van der Waals surface area contributed by atoms with E-state index in [1.807, 2.05) is 40.1 Å². The average molecular weight is 1140 g/mol. The molecule has 0 fully saturated rings. The van der Waals surface area contributed by atoms with Crippen molar-refractivity contribution in [3.63, 3.8) is 0 Å². The highest BCUT2D eigenvalue weighted by Gasteiger charge is 2.25. The molecule has 13 heteroatoms. The summed E-state index contributed by atoms with van der Waals surface area (Å²) in [6.45, 7) is 19.1. The molecule has 0 saturated carbocycles. The fourth-order valence-corrected chi connectivity index (χ4v) is 17.2. The van der Waals surface area contributed by atoms with Crippen LogP contribution in [0.4, 0.5) is 11.4 Å². The van der Waals surface area contributed by atoms with Crippen LogP contribution in [-0.2, 0) is 54.7 Å². The average Bonchev–Trinajstić information content (AvgIpc) is 4.37. The summed E-state index contributed by atoms with van der Waals surface area (Å²) in [5.41, 5.74) is 10.9. The number of thiazole rings is 1. The number of carboxylic acids is 2. The molecule has 8 rings (SSSR count). The quantitative estimate of drug-likeness (QED) is 0.0358. The van der Waals surface area contributed by atoms with Gasteiger partial charge in [0.05, 0.1) is 11.1 Å². The summed E-state index contributed by atoms with van der Waals surface area (Å²) in [5.74, 6) is -2.78. The molecule has 0 spiro atoms. The first kappa shape index (κ1) is 58.8. The first-order chi connectivity index (χ1) is 38.0. The summed E-state index contributed by atoms with van der Waals surface area (Å²) < 4.78 is 0.993. The Bertz CT molecular complexity index is 3410. The van der Waals surface area contributed by atoms with Gasteiger partial charge in [-0.25, -0.2) is 4.85 Å². The number of carbonyl (C=O) groups is 2. The van der Waals surface area contributed by atoms with Gasteiger partial charge in [0.15, 0.2) is 0 Å². The number of unbranched alkanes of at least 4 members (excludes halogenated alkanes) is 12. The van der Waals surface area contributed by atoms with Crippen LogP contribution in [0.25, 0.3) is 56.3 Å². The van der Waals surface area contributed by atoms with Crippen molar-refractivity contribution in [2.24, 2.45) is 0 Å². The van der Waals surface area contributed by atoms with E-state index in [0.717, 1.165) is 121 Å². The van der Waals surface area contributed by atoms with Gasteiger partial charge in [-0.05, 0) is 159 Å². The van der Waals surface area contributed by atoms with Gasteiger partial charge < -0.3 is 15.1 Å². The number of aliphatic carboxylic acids is 2. The highest BCUT2D eigenvalue weighted by molar-refractivity contribution is 7.29. The normalized spacial score (nSPS) is 12.9. The molecule has 0 radical (unpaired) electrons. The number of anilines is 2. The molecule has 2 N–H and O–H groups in total. The molecule has 0 amide bonds. The van der Waals surface area contributed by atoms with Gasteiger partial charge >= 0.3 is 17.6 Å². The Hall–Kier alpha value is -5.36. The molecule has 0 unspecified atom stereocenters. The molecule has 1 aliphatic rings. The number of fused-ring (bicyclic) bond motifs is 2. The van der Waals surface area contributed by atoms with Crippen LogP contribution in [0.15, 0.2) is 71.5 Å². The molecule has 2 aromatic carbocycles. The third kappa shape index (κ3) is 14.1. The number of para-hydroxylation sites is 1. The second-order valence-corrected chi connectivity index (χ2v) is 26.1. The molecule has 8 nitrogen and oxygen atoms in total. The monoisotopic (exact) mass is 1140 g/mol. The van der Waals surface area contributed by atoms with Crippen LogP contribution in [0.1, 0.15) is 176 Å². The third-order valence-corrected chi connectivity index (χ3v) is 21.4. The minimum atomic E-state index is -1.49. The minimum Gasteiger partial charge on any atom is -0.486 e. The van der Waals surface area contributed by atoms with E-state index in [2.05, 4.69) is 111 Å². The summed E-state index contributed by atoms with van der Waals surface area (Å²) in [5, 5.41) is 19.6. The molecule has 6 heterocycles. The van der Waals surface area contributed by atoms with Crippen LogP contribution < -0.4 is 19.7 Å². The number of carboxylic acid groups (broad SMARTS) is 2. The van der Waals surface area contributed by atoms with Crippen LogP contribution in [0.2, 0.25) is 0 Å². The molecule has 7 aromatic rings. The van der Waals surface area contributed by atoms with E-state index in [1.54, 1.807) is 11.3 Å². The number of thiophene rings is 4. The van der Waals surface area contributed by atoms with E-state index in [-0.39, 0.29) is 9.20 Å². The maximum Gasteiger partial charge on any atom is 0.336 e. The van der Waals surface area contributed by atoms with Gasteiger partial charge in [0.2, 0.25) is 0 Å². The molecule has 412 valence electrons. The Kier molecular flexibility index (Phi) is 21.6. The maximum absolute atomic E-state index is 14.0. The Balaban J connectivity index is 1.24. The lowest BCUT2D eigenvalue weighted by molar-refractivity contribution is -0.138. The van der Waals surface area contributed by atoms with Crippen LogP contribution in [0, 0.1) is 6.57 Å². The van der Waals surface area contributed by atoms with Crippen molar-refractivity contribution >= 4 is 91.8 Å². The van der Waals surface area contributed by atoms with Crippen LogP contribution in [0.5, 0.6) is 0 Å². The smallest absolute Gasteiger partial charge is 0.336 e. The fraction of sp³-hybridized carbons (Fsp3) is 0.446. The predicted molar refractivity (Wildman–Crippen MR) is 334 cm³/mol. The van der Waals surface area contributed by atoms with E-state index in [4.69, 9.17) is 6.57 Å². The lowest BCUT2D eigenvalue weighted by Crippen LogP contribution is -2.35. The fourth-order valence-electron chi connectivity index (χ4n) is 10.9. The highest BCUT2D eigenvalue weighted by atomic mass is 32.1. The standard InChI is InChI=1S/C65H77N3O5S5/c1-7-12-16-20-27-45-37-54(74-53(45)41-57-63(71)68(42-58(69)70)64(78-57)59(66-6)65(72)73)60-48(29-22-18-14-9-3)39-56(76-60)62-49(30-23-19-15-10-4)40-55(77-62)61-47(28-21-17-13-8-2)38-52(75-61)46-34-35-51-44(36-46)33-32-43-26-24-25-31-50(43)67(51)11-5/h24-26,31,34-41H,7-23,27-30,32-33,42H2,1-5H3,(H,69,70)(H,72,73)/b57-41-,64-59-. The van der Waals surface area contributed by atoms with Crippen LogP contribution in [0.3, 0.4) is 0 Å². The Morgan fingerprint density at radius 2 is 1.06 bits per heavy atom. The SMILES string of the molecule is [C-]#[N+]/C(C(=O)O)=c1\s/c(=C\c2sc(-c3sc(-c4sc(-c5sc(-c6ccc7c(c6)CCc6ccccc6N7CC)cc5CCCCCC)cc4CCCCCC)cc3CCCCCC)cc2CCCCCC)c(=O)n1CC(=O)O. The number of aryl methyl sites for hydroxylation is 6. The number of nitrogens with zero attached hydrogens (tertiary/aromatic N) is 3. The van der Waals surface area contributed by atoms with E-state index < -0.39 is 29.7 Å². The van der Waals surface area contributed by atoms with E-state index in [9.17, 15) is 24.6 Å². The molecule has 0 saturated heterocycles. The number of hydrogen-bond acceptors (Lipinski definition) is 9. The number of aromatic nitrogens is 1. The second-order valence-electron chi connectivity index (χ2n) is 20.8. The molecule has 78 heavy (non-hydrogen) atoms. The number of benzene rings is 2. The summed E-state index contributed by atoms with van der Waals surface area (Å²) >= 11 is 8.39. The highest BCUT2D eigenvalue weighted by Crippen LogP contribution is 2.50. The predicted octanol–water partition coefficient (Wildman–Crippen LogP) is 17.6. The molecule has 0 atom stereocenters. The number of hydrogen-bond donors (Lipinski definition) is 2. The van der Waals surface area contributed by atoms with Crippen molar-refractivity contribution in [3.05, 3.63) is 136 Å². The van der Waals surface area contributed by atoms with Crippen molar-refractivity contribution in [1.29, 1.82) is 0 Å². The molecular formula is C65H77N3O5S5. The van der Waals surface area contributed by atoms with Crippen molar-refractivity contribution in [2.75, 3.05) is 11.4 Å². The number of rotatable bonds is 29. The minimum absolute atomic E-state index is 0.151. The van der Waals surface area contributed by atoms with E-state index >= 15 is 0 Å². The Labute approximate surface area is 482 Å². The molecule has 1 aliphatic heterocycles. The van der Waals surface area contributed by atoms with Gasteiger partial charge in [-0.3, -0.25) is 19.0 Å². The van der Waals surface area contributed by atoms with Crippen molar-refractivity contribution in [3.8, 4) is 39.7 Å². The second kappa shape index (κ2) is 28.7. The van der Waals surface area contributed by atoms with Gasteiger partial charge in [0, 0.05) is 56.9 Å². The van der Waals surface area contributed by atoms with Crippen molar-refractivity contribution in [1.82, 2.24) is 4.57 Å². The van der Waals surface area contributed by atoms with Gasteiger partial charge in [-0.1, -0.05) is 129 Å². The summed E-state index contributed by atoms with van der Waals surface area (Å²) in [7, 11) is 0. The zero-order chi connectivity index (χ0) is 55.1. The summed E-state index contributed by atoms with van der Waals surface area (Å²) in [6, 6.07) is 26.0. The van der Waals surface area contributed by atoms with Crippen molar-refractivity contribution in [2.45, 2.75) is 182 Å². The molecule has 0 bridgehead atoms. The first-order valence-electron chi connectivity index (χ1n) is 28.8. The van der Waals surface area contributed by atoms with Crippen LogP contribution >= 0.6 is 56.7 Å². The molecule has 0 aliphatic carbocycles. The summed E-state index contributed by atoms with van der Waals surface area (Å²) in [4.78, 5) is 53.9. The lowest BCUT2D eigenvalue weighted by Gasteiger charge is -2.25. The Morgan fingerprint density at radius 3 is 1.59 bits per heavy atom. The maximum atomic E-state index is 14.0. The molecule has 5 aromatic heterocycles. The van der Waals surface area contributed by atoms with Gasteiger partial charge in [0.25, 0.3) is 5.56 Å². The van der Waals surface area contributed by atoms with Crippen molar-refractivity contribution < 1.29 is 19.8 Å². The Morgan fingerprint density at radius 1 is 0.577 bits per heavy atom. The third-order valence-electron chi connectivity index (χ3n) is 15.0. The van der Waals surface area contributed by atoms with E-state index in [1.165, 1.54) is 132 Å². The van der Waals surface area contributed by atoms with Crippen LogP contribution in [-0.4, -0.2) is 33.3 Å². The topological polar surface area (TPSA) is 104 Å². The van der Waals surface area contributed by atoms with Gasteiger partial charge in [-0.15, -0.1) is 56.7 Å². The zero-order valence-electron chi connectivity index (χ0n) is 46.4. The lowest BCUT2D eigenvalue weighted by atomic mass is 10.0. The zero-order valence-corrected chi connectivity index (χ0v) is 50.5. The molecular weight excluding hydrogens is 1060 g/mol. The summed E-state index contributed by atoms with van der Waals surface area (Å²) in [6.07, 6.45) is 26.3. The largest absolute Gasteiger partial charge is 0.486 e. The first-order valence-corrected chi connectivity index (χ1v) is 32.9.